The second kappa shape index (κ2) is 6.48. The van der Waals surface area contributed by atoms with Crippen LogP contribution in [0.4, 0.5) is 0 Å². The topological polar surface area (TPSA) is 58.2 Å². The highest BCUT2D eigenvalue weighted by Crippen LogP contribution is 2.10. The van der Waals surface area contributed by atoms with E-state index in [0.29, 0.717) is 12.8 Å². The fourth-order valence-electron chi connectivity index (χ4n) is 2.36. The maximum Gasteiger partial charge on any atom is 0.243 e. The van der Waals surface area contributed by atoms with Gasteiger partial charge in [-0.3, -0.25) is 14.9 Å². The van der Waals surface area contributed by atoms with E-state index in [-0.39, 0.29) is 23.9 Å². The number of nitrogens with one attached hydrogen (secondary N) is 2. The van der Waals surface area contributed by atoms with E-state index < -0.39 is 0 Å². The van der Waals surface area contributed by atoms with Crippen molar-refractivity contribution >= 4 is 11.8 Å². The molecule has 1 aromatic carbocycles. The van der Waals surface area contributed by atoms with Crippen molar-refractivity contribution in [3.05, 3.63) is 35.9 Å². The molecule has 1 aromatic rings. The normalized spacial score (nSPS) is 21.0. The first-order chi connectivity index (χ1) is 9.19. The first-order valence-electron chi connectivity index (χ1n) is 6.82. The predicted octanol–water partition coefficient (Wildman–Crippen LogP) is 1.40. The molecule has 0 radical (unpaired) electrons. The second-order valence-electron chi connectivity index (χ2n) is 4.97. The fourth-order valence-corrected chi connectivity index (χ4v) is 2.36. The molecule has 2 N–H and O–H groups in total. The second-order valence-corrected chi connectivity index (χ2v) is 4.97. The van der Waals surface area contributed by atoms with E-state index in [1.165, 1.54) is 5.56 Å². The average molecular weight is 260 g/mol. The van der Waals surface area contributed by atoms with E-state index in [1.807, 2.05) is 18.2 Å². The summed E-state index contributed by atoms with van der Waals surface area (Å²) in [5.74, 6) is -0.359. The zero-order valence-electron chi connectivity index (χ0n) is 11.2. The van der Waals surface area contributed by atoms with E-state index in [0.717, 1.165) is 12.8 Å². The van der Waals surface area contributed by atoms with Gasteiger partial charge in [0.2, 0.25) is 11.8 Å². The molecule has 1 saturated heterocycles. The largest absolute Gasteiger partial charge is 0.303 e. The van der Waals surface area contributed by atoms with Crippen molar-refractivity contribution in [1.82, 2.24) is 10.6 Å². The molecule has 19 heavy (non-hydrogen) atoms. The van der Waals surface area contributed by atoms with Crippen molar-refractivity contribution in [1.29, 1.82) is 0 Å². The molecule has 1 aliphatic rings. The first kappa shape index (κ1) is 13.7. The predicted molar refractivity (Wildman–Crippen MR) is 73.5 cm³/mol. The number of hydrogen-bond acceptors (Lipinski definition) is 3. The molecule has 2 amide bonds. The molecule has 102 valence electrons. The number of piperidine rings is 1. The van der Waals surface area contributed by atoms with Gasteiger partial charge in [-0.05, 0) is 24.8 Å². The van der Waals surface area contributed by atoms with E-state index in [4.69, 9.17) is 0 Å². The van der Waals surface area contributed by atoms with Crippen molar-refractivity contribution in [2.75, 3.05) is 0 Å². The molecular formula is C15H20N2O2. The van der Waals surface area contributed by atoms with Crippen LogP contribution in [-0.2, 0) is 16.0 Å². The third-order valence-electron chi connectivity index (χ3n) is 3.49. The van der Waals surface area contributed by atoms with Gasteiger partial charge in [-0.2, -0.15) is 0 Å². The monoisotopic (exact) mass is 260 g/mol. The van der Waals surface area contributed by atoms with Crippen molar-refractivity contribution in [2.45, 2.75) is 44.7 Å². The summed E-state index contributed by atoms with van der Waals surface area (Å²) in [6.07, 6.45) is 2.86. The van der Waals surface area contributed by atoms with Crippen LogP contribution in [0.3, 0.4) is 0 Å². The Hall–Kier alpha value is -1.68. The molecule has 0 spiro atoms. The molecule has 2 unspecified atom stereocenters. The zero-order chi connectivity index (χ0) is 13.7. The molecule has 4 nitrogen and oxygen atoms in total. The molecular weight excluding hydrogens is 240 g/mol. The highest BCUT2D eigenvalue weighted by Gasteiger charge is 2.27. The minimum atomic E-state index is -0.244. The third kappa shape index (κ3) is 3.89. The Bertz CT molecular complexity index is 445. The molecule has 2 atom stereocenters. The Kier molecular flexibility index (Phi) is 4.68. The van der Waals surface area contributed by atoms with Gasteiger partial charge in [0.25, 0.3) is 0 Å². The van der Waals surface area contributed by atoms with Crippen LogP contribution < -0.4 is 10.6 Å². The Morgan fingerprint density at radius 3 is 2.68 bits per heavy atom. The van der Waals surface area contributed by atoms with Gasteiger partial charge in [-0.25, -0.2) is 0 Å². The number of carbonyl (C=O) groups excluding carboxylic acids is 2. The Balaban J connectivity index is 1.92. The molecule has 1 fully saturated rings. The number of rotatable bonds is 5. The van der Waals surface area contributed by atoms with Crippen LogP contribution in [0.5, 0.6) is 0 Å². The number of benzene rings is 1. The van der Waals surface area contributed by atoms with Gasteiger partial charge in [0, 0.05) is 12.5 Å². The minimum absolute atomic E-state index is 0.167. The van der Waals surface area contributed by atoms with E-state index in [9.17, 15) is 9.59 Å². The van der Waals surface area contributed by atoms with Gasteiger partial charge in [-0.15, -0.1) is 0 Å². The van der Waals surface area contributed by atoms with Crippen LogP contribution in [0.1, 0.15) is 31.7 Å². The molecule has 0 saturated carbocycles. The molecule has 0 aromatic heterocycles. The number of imide groups is 1. The molecule has 1 aliphatic heterocycles. The van der Waals surface area contributed by atoms with Crippen molar-refractivity contribution in [3.63, 3.8) is 0 Å². The Morgan fingerprint density at radius 2 is 2.05 bits per heavy atom. The third-order valence-corrected chi connectivity index (χ3v) is 3.49. The number of hydrogen-bond donors (Lipinski definition) is 2. The van der Waals surface area contributed by atoms with Crippen LogP contribution in [-0.4, -0.2) is 23.9 Å². The van der Waals surface area contributed by atoms with Gasteiger partial charge in [0.05, 0.1) is 6.04 Å². The lowest BCUT2D eigenvalue weighted by atomic mass is 10.00. The van der Waals surface area contributed by atoms with Gasteiger partial charge in [0.1, 0.15) is 0 Å². The van der Waals surface area contributed by atoms with Gasteiger partial charge < -0.3 is 5.32 Å². The number of amides is 2. The van der Waals surface area contributed by atoms with Gasteiger partial charge in [0.15, 0.2) is 0 Å². The van der Waals surface area contributed by atoms with Crippen LogP contribution in [0.15, 0.2) is 30.3 Å². The molecule has 1 heterocycles. The van der Waals surface area contributed by atoms with E-state index >= 15 is 0 Å². The molecule has 0 bridgehead atoms. The fraction of sp³-hybridized carbons (Fsp3) is 0.467. The van der Waals surface area contributed by atoms with E-state index in [2.05, 4.69) is 29.7 Å². The Labute approximate surface area is 113 Å². The van der Waals surface area contributed by atoms with Crippen molar-refractivity contribution < 1.29 is 9.59 Å². The molecule has 0 aliphatic carbocycles. The van der Waals surface area contributed by atoms with Crippen molar-refractivity contribution in [2.24, 2.45) is 0 Å². The van der Waals surface area contributed by atoms with Gasteiger partial charge in [-0.1, -0.05) is 37.3 Å². The minimum Gasteiger partial charge on any atom is -0.303 e. The SMILES string of the molecule is CCC(Cc1ccccc1)NC1CCC(=O)NC1=O. The summed E-state index contributed by atoms with van der Waals surface area (Å²) in [6.45, 7) is 2.10. The van der Waals surface area contributed by atoms with Crippen LogP contribution in [0.25, 0.3) is 0 Å². The summed E-state index contributed by atoms with van der Waals surface area (Å²) >= 11 is 0. The lowest BCUT2D eigenvalue weighted by Crippen LogP contribution is -2.53. The maximum absolute atomic E-state index is 11.7. The molecule has 4 heteroatoms. The average Bonchev–Trinajstić information content (AvgIpc) is 2.42. The first-order valence-corrected chi connectivity index (χ1v) is 6.82. The zero-order valence-corrected chi connectivity index (χ0v) is 11.2. The highest BCUT2D eigenvalue weighted by molar-refractivity contribution is 6.00. The summed E-state index contributed by atoms with van der Waals surface area (Å²) < 4.78 is 0. The van der Waals surface area contributed by atoms with Crippen LogP contribution in [0.2, 0.25) is 0 Å². The Morgan fingerprint density at radius 1 is 1.32 bits per heavy atom. The van der Waals surface area contributed by atoms with E-state index in [1.54, 1.807) is 0 Å². The summed E-state index contributed by atoms with van der Waals surface area (Å²) in [6, 6.07) is 10.2. The smallest absolute Gasteiger partial charge is 0.243 e. The van der Waals surface area contributed by atoms with Crippen LogP contribution in [0, 0.1) is 0 Å². The lowest BCUT2D eigenvalue weighted by Gasteiger charge is -2.27. The summed E-state index contributed by atoms with van der Waals surface area (Å²) in [5.41, 5.74) is 1.26. The maximum atomic E-state index is 11.7. The lowest BCUT2D eigenvalue weighted by molar-refractivity contribution is -0.134. The summed E-state index contributed by atoms with van der Waals surface area (Å²) in [5, 5.41) is 5.74. The number of carbonyl (C=O) groups is 2. The summed E-state index contributed by atoms with van der Waals surface area (Å²) in [4.78, 5) is 22.8. The highest BCUT2D eigenvalue weighted by atomic mass is 16.2. The quantitative estimate of drug-likeness (QED) is 0.787. The van der Waals surface area contributed by atoms with Crippen LogP contribution >= 0.6 is 0 Å². The summed E-state index contributed by atoms with van der Waals surface area (Å²) in [7, 11) is 0. The van der Waals surface area contributed by atoms with Crippen molar-refractivity contribution in [3.8, 4) is 0 Å². The van der Waals surface area contributed by atoms with Gasteiger partial charge >= 0.3 is 0 Å². The standard InChI is InChI=1S/C15H20N2O2/c1-2-12(10-11-6-4-3-5-7-11)16-13-8-9-14(18)17-15(13)19/h3-7,12-13,16H,2,8-10H2,1H3,(H,17,18,19). The molecule has 2 rings (SSSR count).